The molecular weight excluding hydrogens is 503 g/mol. The van der Waals surface area contributed by atoms with Gasteiger partial charge in [0.1, 0.15) is 0 Å². The van der Waals surface area contributed by atoms with Crippen LogP contribution in [0.1, 0.15) is 0 Å². The van der Waals surface area contributed by atoms with Crippen LogP contribution in [0.3, 0.4) is 0 Å². The summed E-state index contributed by atoms with van der Waals surface area (Å²) in [6.07, 6.45) is 3.59. The molecule has 2 nitrogen and oxygen atoms in total. The maximum Gasteiger partial charge on any atom is 0.0161 e. The Morgan fingerprint density at radius 1 is 0.947 bits per heavy atom. The Morgan fingerprint density at radius 3 is 2.16 bits per heavy atom. The van der Waals surface area contributed by atoms with E-state index in [2.05, 4.69) is 34.7 Å². The molecule has 19 heavy (non-hydrogen) atoms. The van der Waals surface area contributed by atoms with Crippen LogP contribution in [0.25, 0.3) is 21.8 Å². The fourth-order valence-electron chi connectivity index (χ4n) is 1.57. The van der Waals surface area contributed by atoms with Crippen molar-refractivity contribution in [3.63, 3.8) is 0 Å². The van der Waals surface area contributed by atoms with E-state index in [4.69, 9.17) is 0 Å². The van der Waals surface area contributed by atoms with Gasteiger partial charge < -0.3 is 9.97 Å². The number of thiophene rings is 1. The number of nitrogens with zero attached hydrogens (tertiary/aromatic N) is 2. The largest absolute Gasteiger partial charge is 0.305 e. The summed E-state index contributed by atoms with van der Waals surface area (Å²) in [6, 6.07) is 15.1. The molecule has 0 N–H and O–H groups in total. The molecule has 3 rings (SSSR count). The summed E-state index contributed by atoms with van der Waals surface area (Å²) >= 11 is 6.50. The predicted molar refractivity (Wildman–Crippen MR) is 78.5 cm³/mol. The second-order valence-electron chi connectivity index (χ2n) is 3.53. The number of pyridine rings is 2. The Hall–Kier alpha value is -0.832. The average Bonchev–Trinajstić information content (AvgIpc) is 3.01. The normalized spacial score (nSPS) is 9.63. The second kappa shape index (κ2) is 7.68. The van der Waals surface area contributed by atoms with Crippen LogP contribution in [0, 0.1) is 6.07 Å². The summed E-state index contributed by atoms with van der Waals surface area (Å²) in [5, 5.41) is 2.06. The van der Waals surface area contributed by atoms with Gasteiger partial charge in [-0.2, -0.15) is 0 Å². The monoisotopic (exact) mass is 511 g/mol. The van der Waals surface area contributed by atoms with E-state index in [0.717, 1.165) is 21.8 Å². The van der Waals surface area contributed by atoms with Crippen molar-refractivity contribution in [3.05, 3.63) is 60.2 Å². The standard InChI is InChI=1S/C14H9N2S.BrH.Pt/c1-3-7-15-12(5-1)11-9-14(17-10-11)13-6-2-4-8-16-13;;/h1-8,10H;1H;/q-1;;+2/p-1. The zero-order valence-electron chi connectivity index (χ0n) is 9.69. The molecule has 0 bridgehead atoms. The topological polar surface area (TPSA) is 25.8 Å². The Morgan fingerprint density at radius 2 is 1.58 bits per heavy atom. The van der Waals surface area contributed by atoms with Gasteiger partial charge in [0.2, 0.25) is 0 Å². The maximum atomic E-state index is 4.31. The van der Waals surface area contributed by atoms with Crippen LogP contribution in [-0.4, -0.2) is 9.97 Å². The van der Waals surface area contributed by atoms with Gasteiger partial charge >= 0.3 is 31.1 Å². The molecule has 0 aliphatic carbocycles. The first-order valence-electron chi connectivity index (χ1n) is 5.39. The van der Waals surface area contributed by atoms with Gasteiger partial charge in [0.15, 0.2) is 0 Å². The molecule has 0 aromatic carbocycles. The minimum atomic E-state index is 0.950. The summed E-state index contributed by atoms with van der Waals surface area (Å²) in [6.45, 7) is 0. The van der Waals surface area contributed by atoms with Crippen molar-refractivity contribution in [2.45, 2.75) is 0 Å². The van der Waals surface area contributed by atoms with Gasteiger partial charge in [-0.15, -0.1) is 11.6 Å². The molecule has 0 saturated heterocycles. The van der Waals surface area contributed by atoms with E-state index >= 15 is 0 Å². The van der Waals surface area contributed by atoms with Gasteiger partial charge in [-0.05, 0) is 22.7 Å². The van der Waals surface area contributed by atoms with E-state index in [1.165, 1.54) is 0 Å². The van der Waals surface area contributed by atoms with Crippen molar-refractivity contribution >= 4 is 24.6 Å². The summed E-state index contributed by atoms with van der Waals surface area (Å²) in [4.78, 5) is 9.67. The summed E-state index contributed by atoms with van der Waals surface area (Å²) in [5.41, 5.74) is 2.93. The van der Waals surface area contributed by atoms with Crippen LogP contribution < -0.4 is 0 Å². The first-order valence-corrected chi connectivity index (χ1v) is 11.2. The van der Waals surface area contributed by atoms with Crippen molar-refractivity contribution in [1.29, 1.82) is 0 Å². The zero-order chi connectivity index (χ0) is 13.5. The fraction of sp³-hybridized carbons (Fsp3) is 0. The minimum Gasteiger partial charge on any atom is -0.305 e. The summed E-state index contributed by atoms with van der Waals surface area (Å²) in [5.74, 6) is 0. The fourth-order valence-corrected chi connectivity index (χ4v) is 2.39. The molecule has 3 heterocycles. The molecule has 0 aliphatic rings. The van der Waals surface area contributed by atoms with Crippen molar-refractivity contribution in [3.8, 4) is 21.8 Å². The Bertz CT molecular complexity index is 560. The van der Waals surface area contributed by atoms with Crippen molar-refractivity contribution in [2.75, 3.05) is 0 Å². The number of hydrogen-bond acceptors (Lipinski definition) is 3. The number of aromatic nitrogens is 2. The maximum absolute atomic E-state index is 4.31. The smallest absolute Gasteiger partial charge is 0.0161 e. The molecule has 5 heteroatoms. The van der Waals surface area contributed by atoms with Gasteiger partial charge in [0.05, 0.1) is 0 Å². The first kappa shape index (κ1) is 14.6. The molecule has 0 fully saturated rings. The molecule has 0 radical (unpaired) electrons. The minimum absolute atomic E-state index is 0.950. The third kappa shape index (κ3) is 3.82. The second-order valence-corrected chi connectivity index (χ2v) is 4.41. The van der Waals surface area contributed by atoms with E-state index in [0.29, 0.717) is 0 Å². The summed E-state index contributed by atoms with van der Waals surface area (Å²) < 4.78 is 0. The van der Waals surface area contributed by atoms with Crippen LogP contribution in [0.2, 0.25) is 0 Å². The molecule has 0 saturated carbocycles. The van der Waals surface area contributed by atoms with Gasteiger partial charge in [-0.1, -0.05) is 29.6 Å². The van der Waals surface area contributed by atoms with E-state index in [1.54, 1.807) is 23.7 Å². The van der Waals surface area contributed by atoms with Crippen LogP contribution in [0.4, 0.5) is 0 Å². The SMILES string of the molecule is [Br][Pt+].[c-]1c(-c2ccccn2)csc1-c1ccccn1. The molecule has 3 aromatic rings. The van der Waals surface area contributed by atoms with E-state index in [1.807, 2.05) is 54.2 Å². The first-order chi connectivity index (χ1) is 9.43. The quantitative estimate of drug-likeness (QED) is 0.473. The molecule has 0 aliphatic heterocycles. The van der Waals surface area contributed by atoms with Gasteiger partial charge in [-0.25, -0.2) is 11.3 Å². The summed E-state index contributed by atoms with van der Waals surface area (Å²) in [7, 11) is 0. The van der Waals surface area contributed by atoms with Gasteiger partial charge in [0, 0.05) is 18.1 Å². The Labute approximate surface area is 134 Å². The third-order valence-corrected chi connectivity index (χ3v) is 3.28. The van der Waals surface area contributed by atoms with E-state index in [9.17, 15) is 0 Å². The molecule has 0 unspecified atom stereocenters. The molecule has 0 amide bonds. The van der Waals surface area contributed by atoms with Crippen LogP contribution in [-0.2, 0) is 17.8 Å². The number of rotatable bonds is 2. The van der Waals surface area contributed by atoms with Crippen molar-refractivity contribution in [1.82, 2.24) is 9.97 Å². The Balaban J connectivity index is 0.000000637. The third-order valence-electron chi connectivity index (χ3n) is 2.38. The van der Waals surface area contributed by atoms with Crippen LogP contribution in [0.5, 0.6) is 0 Å². The van der Waals surface area contributed by atoms with Gasteiger partial charge in [-0.3, -0.25) is 0 Å². The molecule has 0 atom stereocenters. The number of halogens is 1. The van der Waals surface area contributed by atoms with Crippen LogP contribution >= 0.6 is 24.6 Å². The average molecular weight is 512 g/mol. The molecule has 3 aromatic heterocycles. The molecule has 0 spiro atoms. The molecule has 98 valence electrons. The van der Waals surface area contributed by atoms with E-state index in [-0.39, 0.29) is 0 Å². The van der Waals surface area contributed by atoms with Crippen molar-refractivity contribution in [2.24, 2.45) is 0 Å². The number of hydrogen-bond donors (Lipinski definition) is 0. The zero-order valence-corrected chi connectivity index (χ0v) is 14.4. The molecular formula is C14H9BrN2PtS. The van der Waals surface area contributed by atoms with Crippen molar-refractivity contribution < 1.29 is 17.8 Å². The van der Waals surface area contributed by atoms with Crippen LogP contribution in [0.15, 0.2) is 54.2 Å². The van der Waals surface area contributed by atoms with E-state index < -0.39 is 0 Å². The Kier molecular flexibility index (Phi) is 5.89. The van der Waals surface area contributed by atoms with Gasteiger partial charge in [0.25, 0.3) is 0 Å². The predicted octanol–water partition coefficient (Wildman–Crippen LogP) is 4.52.